The standard InChI is InChI=1S/C18H18FNO4/c1-11-8-14(19)5-6-15(11)20-18(22)10-24-16-7-4-13(12(2)21)9-17(16)23-3/h4-9H,10H2,1-3H3,(H,20,22). The van der Waals surface area contributed by atoms with Crippen LogP contribution in [0.25, 0.3) is 0 Å². The molecule has 0 aliphatic carbocycles. The van der Waals surface area contributed by atoms with Crippen LogP contribution in [0.1, 0.15) is 22.8 Å². The van der Waals surface area contributed by atoms with E-state index in [1.54, 1.807) is 25.1 Å². The molecule has 0 spiro atoms. The first kappa shape index (κ1) is 17.5. The Morgan fingerprint density at radius 1 is 1.12 bits per heavy atom. The molecule has 0 unspecified atom stereocenters. The molecular weight excluding hydrogens is 313 g/mol. The van der Waals surface area contributed by atoms with Crippen LogP contribution >= 0.6 is 0 Å². The Labute approximate surface area is 139 Å². The Balaban J connectivity index is 2.02. The summed E-state index contributed by atoms with van der Waals surface area (Å²) in [5.41, 5.74) is 1.63. The average Bonchev–Trinajstić information content (AvgIpc) is 2.55. The highest BCUT2D eigenvalue weighted by Gasteiger charge is 2.11. The molecule has 0 fully saturated rings. The van der Waals surface area contributed by atoms with E-state index in [-0.39, 0.29) is 24.1 Å². The molecule has 0 heterocycles. The molecule has 2 rings (SSSR count). The molecule has 6 heteroatoms. The Morgan fingerprint density at radius 3 is 2.50 bits per heavy atom. The predicted octanol–water partition coefficient (Wildman–Crippen LogP) is 3.36. The first-order valence-electron chi connectivity index (χ1n) is 7.28. The van der Waals surface area contributed by atoms with Gasteiger partial charge in [0, 0.05) is 11.3 Å². The van der Waals surface area contributed by atoms with Crippen molar-refractivity contribution in [2.75, 3.05) is 19.0 Å². The summed E-state index contributed by atoms with van der Waals surface area (Å²) in [4.78, 5) is 23.3. The van der Waals surface area contributed by atoms with Crippen LogP contribution < -0.4 is 14.8 Å². The molecule has 0 saturated carbocycles. The molecule has 1 N–H and O–H groups in total. The number of halogens is 1. The number of methoxy groups -OCH3 is 1. The zero-order valence-corrected chi connectivity index (χ0v) is 13.7. The van der Waals surface area contributed by atoms with Gasteiger partial charge in [0.1, 0.15) is 5.82 Å². The molecule has 5 nitrogen and oxygen atoms in total. The Kier molecular flexibility index (Phi) is 5.52. The first-order valence-corrected chi connectivity index (χ1v) is 7.28. The number of hydrogen-bond acceptors (Lipinski definition) is 4. The van der Waals surface area contributed by atoms with Crippen LogP contribution in [0.15, 0.2) is 36.4 Å². The van der Waals surface area contributed by atoms with E-state index in [1.807, 2.05) is 0 Å². The average molecular weight is 331 g/mol. The topological polar surface area (TPSA) is 64.6 Å². The number of Topliss-reactive ketones (excluding diaryl/α,β-unsaturated/α-hetero) is 1. The van der Waals surface area contributed by atoms with Crippen molar-refractivity contribution < 1.29 is 23.5 Å². The fourth-order valence-electron chi connectivity index (χ4n) is 2.10. The number of carbonyl (C=O) groups excluding carboxylic acids is 2. The number of nitrogens with one attached hydrogen (secondary N) is 1. The van der Waals surface area contributed by atoms with Gasteiger partial charge in [-0.1, -0.05) is 0 Å². The van der Waals surface area contributed by atoms with E-state index >= 15 is 0 Å². The van der Waals surface area contributed by atoms with Gasteiger partial charge in [0.05, 0.1) is 7.11 Å². The van der Waals surface area contributed by atoms with Crippen LogP contribution in [0.5, 0.6) is 11.5 Å². The summed E-state index contributed by atoms with van der Waals surface area (Å²) in [6.07, 6.45) is 0. The van der Waals surface area contributed by atoms with Crippen molar-refractivity contribution in [3.63, 3.8) is 0 Å². The van der Waals surface area contributed by atoms with E-state index in [2.05, 4.69) is 5.32 Å². The van der Waals surface area contributed by atoms with E-state index in [0.29, 0.717) is 28.3 Å². The van der Waals surface area contributed by atoms with E-state index in [4.69, 9.17) is 9.47 Å². The normalized spacial score (nSPS) is 10.2. The van der Waals surface area contributed by atoms with Gasteiger partial charge in [-0.05, 0) is 55.8 Å². The van der Waals surface area contributed by atoms with Crippen LogP contribution in [0.2, 0.25) is 0 Å². The number of amides is 1. The highest BCUT2D eigenvalue weighted by molar-refractivity contribution is 5.95. The fourth-order valence-corrected chi connectivity index (χ4v) is 2.10. The van der Waals surface area contributed by atoms with Gasteiger partial charge in [0.15, 0.2) is 23.9 Å². The second-order valence-electron chi connectivity index (χ2n) is 5.22. The summed E-state index contributed by atoms with van der Waals surface area (Å²) in [7, 11) is 1.45. The zero-order chi connectivity index (χ0) is 17.7. The maximum Gasteiger partial charge on any atom is 0.262 e. The molecule has 2 aromatic carbocycles. The molecule has 0 bridgehead atoms. The van der Waals surface area contributed by atoms with E-state index in [1.165, 1.54) is 32.2 Å². The van der Waals surface area contributed by atoms with Crippen molar-refractivity contribution in [3.8, 4) is 11.5 Å². The SMILES string of the molecule is COc1cc(C(C)=O)ccc1OCC(=O)Nc1ccc(F)cc1C. The Morgan fingerprint density at radius 2 is 1.88 bits per heavy atom. The van der Waals surface area contributed by atoms with Gasteiger partial charge in [-0.25, -0.2) is 4.39 Å². The van der Waals surface area contributed by atoms with E-state index in [0.717, 1.165) is 0 Å². The summed E-state index contributed by atoms with van der Waals surface area (Å²) in [5.74, 6) is -0.120. The van der Waals surface area contributed by atoms with Crippen molar-refractivity contribution >= 4 is 17.4 Å². The van der Waals surface area contributed by atoms with Crippen LogP contribution in [-0.4, -0.2) is 25.4 Å². The van der Waals surface area contributed by atoms with Crippen molar-refractivity contribution in [3.05, 3.63) is 53.3 Å². The lowest BCUT2D eigenvalue weighted by Gasteiger charge is -2.12. The second-order valence-corrected chi connectivity index (χ2v) is 5.22. The van der Waals surface area contributed by atoms with Gasteiger partial charge >= 0.3 is 0 Å². The lowest BCUT2D eigenvalue weighted by Crippen LogP contribution is -2.20. The van der Waals surface area contributed by atoms with E-state index < -0.39 is 0 Å². The third kappa shape index (κ3) is 4.32. The first-order chi connectivity index (χ1) is 11.4. The minimum absolute atomic E-state index is 0.0932. The van der Waals surface area contributed by atoms with Gasteiger partial charge in [-0.3, -0.25) is 9.59 Å². The molecule has 0 aliphatic heterocycles. The maximum atomic E-state index is 13.1. The van der Waals surface area contributed by atoms with E-state index in [9.17, 15) is 14.0 Å². The highest BCUT2D eigenvalue weighted by Crippen LogP contribution is 2.28. The van der Waals surface area contributed by atoms with Gasteiger partial charge in [0.25, 0.3) is 5.91 Å². The monoisotopic (exact) mass is 331 g/mol. The number of hydrogen-bond donors (Lipinski definition) is 1. The van der Waals surface area contributed by atoms with Gasteiger partial charge < -0.3 is 14.8 Å². The number of rotatable bonds is 6. The fraction of sp³-hybridized carbons (Fsp3) is 0.222. The van der Waals surface area contributed by atoms with Crippen LogP contribution in [0.3, 0.4) is 0 Å². The lowest BCUT2D eigenvalue weighted by atomic mass is 10.1. The Bertz CT molecular complexity index is 774. The number of anilines is 1. The van der Waals surface area contributed by atoms with Gasteiger partial charge in [0.2, 0.25) is 0 Å². The number of benzene rings is 2. The molecule has 0 saturated heterocycles. The minimum Gasteiger partial charge on any atom is -0.493 e. The van der Waals surface area contributed by atoms with Crippen molar-refractivity contribution in [1.82, 2.24) is 0 Å². The predicted molar refractivity (Wildman–Crippen MR) is 88.3 cm³/mol. The second kappa shape index (κ2) is 7.59. The van der Waals surface area contributed by atoms with Crippen LogP contribution in [0.4, 0.5) is 10.1 Å². The largest absolute Gasteiger partial charge is 0.493 e. The summed E-state index contributed by atoms with van der Waals surface area (Å²) in [6.45, 7) is 2.91. The minimum atomic E-state index is -0.387. The summed E-state index contributed by atoms with van der Waals surface area (Å²) in [6, 6.07) is 8.83. The third-order valence-electron chi connectivity index (χ3n) is 3.39. The van der Waals surface area contributed by atoms with Crippen molar-refractivity contribution in [1.29, 1.82) is 0 Å². The molecule has 0 atom stereocenters. The molecule has 2 aromatic rings. The lowest BCUT2D eigenvalue weighted by molar-refractivity contribution is -0.118. The van der Waals surface area contributed by atoms with Crippen molar-refractivity contribution in [2.24, 2.45) is 0 Å². The molecule has 24 heavy (non-hydrogen) atoms. The third-order valence-corrected chi connectivity index (χ3v) is 3.39. The summed E-state index contributed by atoms with van der Waals surface area (Å²) >= 11 is 0. The molecule has 0 aromatic heterocycles. The molecule has 126 valence electrons. The molecule has 0 radical (unpaired) electrons. The number of ether oxygens (including phenoxy) is 2. The zero-order valence-electron chi connectivity index (χ0n) is 13.7. The quantitative estimate of drug-likeness (QED) is 0.824. The van der Waals surface area contributed by atoms with Gasteiger partial charge in [-0.2, -0.15) is 0 Å². The number of aryl methyl sites for hydroxylation is 1. The van der Waals surface area contributed by atoms with Crippen LogP contribution in [0, 0.1) is 12.7 Å². The summed E-state index contributed by atoms with van der Waals surface area (Å²) in [5, 5.41) is 2.65. The smallest absolute Gasteiger partial charge is 0.262 e. The van der Waals surface area contributed by atoms with Crippen LogP contribution in [-0.2, 0) is 4.79 Å². The summed E-state index contributed by atoms with van der Waals surface area (Å²) < 4.78 is 23.7. The maximum absolute atomic E-state index is 13.1. The highest BCUT2D eigenvalue weighted by atomic mass is 19.1. The van der Waals surface area contributed by atoms with Crippen molar-refractivity contribution in [2.45, 2.75) is 13.8 Å². The molecule has 0 aliphatic rings. The van der Waals surface area contributed by atoms with Gasteiger partial charge in [-0.15, -0.1) is 0 Å². The molecule has 1 amide bonds. The molecular formula is C18H18FNO4. The number of carbonyl (C=O) groups is 2. The Hall–Kier alpha value is -2.89. The number of ketones is 1.